The fourth-order valence-corrected chi connectivity index (χ4v) is 1.02. The lowest BCUT2D eigenvalue weighted by atomic mass is 10.1. The molecule has 11 heavy (non-hydrogen) atoms. The van der Waals surface area contributed by atoms with E-state index in [-0.39, 0.29) is 0 Å². The average molecular weight is 153 g/mol. The molecule has 0 aromatic rings. The standard InChI is InChI=1S/C9H15NO/c1-4-5-9-10-8(6-11-9)7(2)3/h4,7-8H,1,5-6H2,2-3H3/t8-/m1/s1. The van der Waals surface area contributed by atoms with Gasteiger partial charge in [0, 0.05) is 6.42 Å². The maximum absolute atomic E-state index is 5.35. The van der Waals surface area contributed by atoms with Crippen LogP contribution in [0.1, 0.15) is 20.3 Å². The van der Waals surface area contributed by atoms with Crippen LogP contribution in [-0.4, -0.2) is 18.5 Å². The predicted molar refractivity (Wildman–Crippen MR) is 46.8 cm³/mol. The summed E-state index contributed by atoms with van der Waals surface area (Å²) in [5.41, 5.74) is 0. The zero-order valence-electron chi connectivity index (χ0n) is 7.21. The minimum absolute atomic E-state index is 0.366. The van der Waals surface area contributed by atoms with Gasteiger partial charge in [-0.3, -0.25) is 0 Å². The summed E-state index contributed by atoms with van der Waals surface area (Å²) in [5, 5.41) is 0. The van der Waals surface area contributed by atoms with E-state index in [1.165, 1.54) is 0 Å². The number of aliphatic imine (C=N–C) groups is 1. The first-order valence-corrected chi connectivity index (χ1v) is 4.04. The number of ether oxygens (including phenoxy) is 1. The van der Waals surface area contributed by atoms with Crippen molar-refractivity contribution in [3.63, 3.8) is 0 Å². The van der Waals surface area contributed by atoms with Crippen LogP contribution in [0.2, 0.25) is 0 Å². The van der Waals surface area contributed by atoms with Gasteiger partial charge in [0.15, 0.2) is 5.90 Å². The molecule has 1 heterocycles. The molecule has 0 fully saturated rings. The molecule has 0 N–H and O–H groups in total. The summed E-state index contributed by atoms with van der Waals surface area (Å²) >= 11 is 0. The van der Waals surface area contributed by atoms with Gasteiger partial charge in [-0.15, -0.1) is 6.58 Å². The maximum atomic E-state index is 5.35. The van der Waals surface area contributed by atoms with Crippen molar-refractivity contribution in [2.24, 2.45) is 10.9 Å². The third-order valence-corrected chi connectivity index (χ3v) is 1.82. The third-order valence-electron chi connectivity index (χ3n) is 1.82. The molecule has 0 aromatic heterocycles. The highest BCUT2D eigenvalue weighted by Gasteiger charge is 2.20. The van der Waals surface area contributed by atoms with Crippen LogP contribution in [0.25, 0.3) is 0 Å². The van der Waals surface area contributed by atoms with Crippen molar-refractivity contribution in [2.75, 3.05) is 6.61 Å². The Morgan fingerprint density at radius 2 is 2.55 bits per heavy atom. The summed E-state index contributed by atoms with van der Waals surface area (Å²) < 4.78 is 5.35. The average Bonchev–Trinajstić information content (AvgIpc) is 2.37. The third kappa shape index (κ3) is 2.07. The second kappa shape index (κ2) is 3.56. The van der Waals surface area contributed by atoms with Gasteiger partial charge in [0.2, 0.25) is 0 Å². The monoisotopic (exact) mass is 153 g/mol. The summed E-state index contributed by atoms with van der Waals surface area (Å²) in [6.45, 7) is 8.71. The lowest BCUT2D eigenvalue weighted by Gasteiger charge is -2.06. The summed E-state index contributed by atoms with van der Waals surface area (Å²) in [6, 6.07) is 0.366. The molecule has 1 atom stereocenters. The zero-order valence-corrected chi connectivity index (χ0v) is 7.21. The first kappa shape index (κ1) is 8.31. The molecule has 2 nitrogen and oxygen atoms in total. The first-order valence-electron chi connectivity index (χ1n) is 4.04. The highest BCUT2D eigenvalue weighted by Crippen LogP contribution is 2.14. The van der Waals surface area contributed by atoms with Gasteiger partial charge in [-0.1, -0.05) is 19.9 Å². The van der Waals surface area contributed by atoms with Crippen molar-refractivity contribution >= 4 is 5.90 Å². The van der Waals surface area contributed by atoms with Crippen LogP contribution in [0.4, 0.5) is 0 Å². The molecule has 0 saturated carbocycles. The quantitative estimate of drug-likeness (QED) is 0.568. The summed E-state index contributed by atoms with van der Waals surface area (Å²) in [7, 11) is 0. The Bertz CT molecular complexity index is 172. The molecule has 0 bridgehead atoms. The molecular weight excluding hydrogens is 138 g/mol. The summed E-state index contributed by atoms with van der Waals surface area (Å²) in [6.07, 6.45) is 2.59. The van der Waals surface area contributed by atoms with Crippen LogP contribution < -0.4 is 0 Å². The molecule has 0 unspecified atom stereocenters. The summed E-state index contributed by atoms with van der Waals surface area (Å²) in [4.78, 5) is 4.40. The van der Waals surface area contributed by atoms with Gasteiger partial charge in [0.1, 0.15) is 6.61 Å². The van der Waals surface area contributed by atoms with Crippen molar-refractivity contribution in [2.45, 2.75) is 26.3 Å². The number of hydrogen-bond donors (Lipinski definition) is 0. The van der Waals surface area contributed by atoms with Gasteiger partial charge in [0.05, 0.1) is 6.04 Å². The van der Waals surface area contributed by atoms with Crippen LogP contribution in [0.3, 0.4) is 0 Å². The minimum atomic E-state index is 0.366. The van der Waals surface area contributed by atoms with Crippen LogP contribution in [0.15, 0.2) is 17.6 Å². The van der Waals surface area contributed by atoms with Gasteiger partial charge in [-0.2, -0.15) is 0 Å². The Kier molecular flexibility index (Phi) is 2.69. The second-order valence-electron chi connectivity index (χ2n) is 3.14. The van der Waals surface area contributed by atoms with Gasteiger partial charge < -0.3 is 4.74 Å². The van der Waals surface area contributed by atoms with Crippen LogP contribution >= 0.6 is 0 Å². The lowest BCUT2D eigenvalue weighted by molar-refractivity contribution is 0.287. The van der Waals surface area contributed by atoms with Crippen molar-refractivity contribution in [1.29, 1.82) is 0 Å². The summed E-state index contributed by atoms with van der Waals surface area (Å²) in [5.74, 6) is 1.43. The van der Waals surface area contributed by atoms with Gasteiger partial charge in [-0.25, -0.2) is 4.99 Å². The van der Waals surface area contributed by atoms with Gasteiger partial charge in [-0.05, 0) is 5.92 Å². The maximum Gasteiger partial charge on any atom is 0.187 e. The molecule has 1 aliphatic heterocycles. The molecule has 1 rings (SSSR count). The first-order chi connectivity index (χ1) is 5.24. The van der Waals surface area contributed by atoms with E-state index in [1.807, 2.05) is 6.08 Å². The molecular formula is C9H15NO. The molecule has 1 aliphatic rings. The lowest BCUT2D eigenvalue weighted by Crippen LogP contribution is -2.13. The normalized spacial score (nSPS) is 23.2. The van der Waals surface area contributed by atoms with Crippen molar-refractivity contribution < 1.29 is 4.74 Å². The van der Waals surface area contributed by atoms with E-state index in [1.54, 1.807) is 0 Å². The van der Waals surface area contributed by atoms with Crippen LogP contribution in [0.5, 0.6) is 0 Å². The Hall–Kier alpha value is -0.790. The topological polar surface area (TPSA) is 21.6 Å². The van der Waals surface area contributed by atoms with E-state index in [0.717, 1.165) is 18.9 Å². The van der Waals surface area contributed by atoms with Crippen LogP contribution in [-0.2, 0) is 4.74 Å². The highest BCUT2D eigenvalue weighted by molar-refractivity contribution is 5.79. The Labute approximate surface area is 68.0 Å². The largest absolute Gasteiger partial charge is 0.478 e. The van der Waals surface area contributed by atoms with E-state index in [4.69, 9.17) is 4.74 Å². The fourth-order valence-electron chi connectivity index (χ4n) is 1.02. The van der Waals surface area contributed by atoms with Crippen molar-refractivity contribution in [3.05, 3.63) is 12.7 Å². The number of hydrogen-bond acceptors (Lipinski definition) is 2. The molecule has 0 radical (unpaired) electrons. The Morgan fingerprint density at radius 3 is 3.00 bits per heavy atom. The Morgan fingerprint density at radius 1 is 1.82 bits per heavy atom. The predicted octanol–water partition coefficient (Wildman–Crippen LogP) is 2.02. The number of rotatable bonds is 3. The van der Waals surface area contributed by atoms with E-state index < -0.39 is 0 Å². The van der Waals surface area contributed by atoms with Crippen LogP contribution in [0, 0.1) is 5.92 Å². The molecule has 0 aliphatic carbocycles. The van der Waals surface area contributed by atoms with E-state index in [9.17, 15) is 0 Å². The van der Waals surface area contributed by atoms with Crippen molar-refractivity contribution in [1.82, 2.24) is 0 Å². The smallest absolute Gasteiger partial charge is 0.187 e. The molecule has 0 saturated heterocycles. The van der Waals surface area contributed by atoms with E-state index in [0.29, 0.717) is 12.0 Å². The molecule has 62 valence electrons. The zero-order chi connectivity index (χ0) is 8.27. The second-order valence-corrected chi connectivity index (χ2v) is 3.14. The highest BCUT2D eigenvalue weighted by atomic mass is 16.5. The molecule has 0 spiro atoms. The van der Waals surface area contributed by atoms with Gasteiger partial charge >= 0.3 is 0 Å². The SMILES string of the molecule is C=CCC1=N[C@@H](C(C)C)CO1. The molecule has 2 heteroatoms. The van der Waals surface area contributed by atoms with Crippen molar-refractivity contribution in [3.8, 4) is 0 Å². The minimum Gasteiger partial charge on any atom is -0.478 e. The molecule has 0 aromatic carbocycles. The fraction of sp³-hybridized carbons (Fsp3) is 0.667. The van der Waals surface area contributed by atoms with E-state index >= 15 is 0 Å². The Balaban J connectivity index is 2.46. The number of nitrogens with zero attached hydrogens (tertiary/aromatic N) is 1. The molecule has 0 amide bonds. The van der Waals surface area contributed by atoms with E-state index in [2.05, 4.69) is 25.4 Å². The van der Waals surface area contributed by atoms with Gasteiger partial charge in [0.25, 0.3) is 0 Å².